The number of unbranched alkanes of at least 4 members (excludes halogenated alkanes) is 3. The van der Waals surface area contributed by atoms with Gasteiger partial charge in [0, 0.05) is 0 Å². The second kappa shape index (κ2) is 12.3. The molecule has 2 aromatic rings. The second-order valence-electron chi connectivity index (χ2n) is 7.31. The highest BCUT2D eigenvalue weighted by Crippen LogP contribution is 2.21. The Labute approximate surface area is 170 Å². The number of quaternary nitrogens is 1. The molecule has 4 heteroatoms. The van der Waals surface area contributed by atoms with Crippen LogP contribution in [0.4, 0.5) is 11.4 Å². The molecule has 4 nitrogen and oxygen atoms in total. The first-order valence-electron chi connectivity index (χ1n) is 10.8. The first kappa shape index (κ1) is 22.1. The molecule has 0 aliphatic carbocycles. The fourth-order valence-corrected chi connectivity index (χ4v) is 3.46. The van der Waals surface area contributed by atoms with Gasteiger partial charge in [-0.2, -0.15) is 10.2 Å². The molecule has 0 aromatic heterocycles. The summed E-state index contributed by atoms with van der Waals surface area (Å²) in [6, 6.07) is 17.6. The van der Waals surface area contributed by atoms with Gasteiger partial charge in [-0.05, 0) is 82.9 Å². The molecular formula is C24H36N3O+. The fraction of sp³-hybridized carbons (Fsp3) is 0.500. The van der Waals surface area contributed by atoms with Crippen molar-refractivity contribution < 1.29 is 9.22 Å². The first-order chi connectivity index (χ1) is 13.7. The van der Waals surface area contributed by atoms with Crippen LogP contribution in [-0.4, -0.2) is 37.3 Å². The number of ether oxygens (including phenoxy) is 1. The molecule has 2 aromatic carbocycles. The SMILES string of the molecule is CC[N+](CC)(CC)CCCCCCOc1ccc(N=Nc2ccccc2)cc1. The van der Waals surface area contributed by atoms with Gasteiger partial charge in [-0.1, -0.05) is 18.2 Å². The molecule has 0 spiro atoms. The van der Waals surface area contributed by atoms with E-state index < -0.39 is 0 Å². The molecular weight excluding hydrogens is 346 g/mol. The zero-order valence-electron chi connectivity index (χ0n) is 17.8. The molecule has 2 rings (SSSR count). The van der Waals surface area contributed by atoms with E-state index in [0.717, 1.165) is 30.2 Å². The van der Waals surface area contributed by atoms with Crippen LogP contribution < -0.4 is 4.74 Å². The largest absolute Gasteiger partial charge is 0.494 e. The Balaban J connectivity index is 1.62. The van der Waals surface area contributed by atoms with Gasteiger partial charge in [0.2, 0.25) is 0 Å². The van der Waals surface area contributed by atoms with Crippen LogP contribution in [0.1, 0.15) is 46.5 Å². The lowest BCUT2D eigenvalue weighted by Gasteiger charge is -2.35. The van der Waals surface area contributed by atoms with Gasteiger partial charge in [-0.3, -0.25) is 0 Å². The topological polar surface area (TPSA) is 34.0 Å². The Kier molecular flexibility index (Phi) is 9.70. The van der Waals surface area contributed by atoms with Crippen molar-refractivity contribution in [1.29, 1.82) is 0 Å². The fourth-order valence-electron chi connectivity index (χ4n) is 3.46. The minimum Gasteiger partial charge on any atom is -0.494 e. The number of hydrogen-bond acceptors (Lipinski definition) is 3. The molecule has 0 radical (unpaired) electrons. The van der Waals surface area contributed by atoms with Crippen molar-refractivity contribution in [1.82, 2.24) is 0 Å². The van der Waals surface area contributed by atoms with E-state index in [-0.39, 0.29) is 0 Å². The van der Waals surface area contributed by atoms with Crippen LogP contribution in [-0.2, 0) is 0 Å². The Hall–Kier alpha value is -2.20. The van der Waals surface area contributed by atoms with E-state index in [9.17, 15) is 0 Å². The lowest BCUT2D eigenvalue weighted by molar-refractivity contribution is -0.923. The van der Waals surface area contributed by atoms with Gasteiger partial charge in [0.05, 0.1) is 44.2 Å². The summed E-state index contributed by atoms with van der Waals surface area (Å²) in [5.41, 5.74) is 1.69. The van der Waals surface area contributed by atoms with E-state index in [4.69, 9.17) is 4.74 Å². The molecule has 0 aliphatic heterocycles. The van der Waals surface area contributed by atoms with Gasteiger partial charge in [-0.25, -0.2) is 0 Å². The summed E-state index contributed by atoms with van der Waals surface area (Å²) in [5, 5.41) is 8.49. The molecule has 0 saturated heterocycles. The number of hydrogen-bond donors (Lipinski definition) is 0. The summed E-state index contributed by atoms with van der Waals surface area (Å²) >= 11 is 0. The molecule has 0 fully saturated rings. The maximum atomic E-state index is 5.86. The van der Waals surface area contributed by atoms with Gasteiger partial charge < -0.3 is 9.22 Å². The number of azo groups is 1. The highest BCUT2D eigenvalue weighted by atomic mass is 16.5. The minimum atomic E-state index is 0.778. The lowest BCUT2D eigenvalue weighted by Crippen LogP contribution is -2.48. The minimum absolute atomic E-state index is 0.778. The van der Waals surface area contributed by atoms with Gasteiger partial charge in [0.1, 0.15) is 5.75 Å². The Morgan fingerprint density at radius 3 is 1.86 bits per heavy atom. The maximum Gasteiger partial charge on any atom is 0.119 e. The number of nitrogens with zero attached hydrogens (tertiary/aromatic N) is 3. The van der Waals surface area contributed by atoms with Crippen LogP contribution in [0.2, 0.25) is 0 Å². The molecule has 0 N–H and O–H groups in total. The molecule has 0 aliphatic rings. The van der Waals surface area contributed by atoms with E-state index in [0.29, 0.717) is 0 Å². The first-order valence-corrected chi connectivity index (χ1v) is 10.8. The van der Waals surface area contributed by atoms with Crippen LogP contribution in [0.25, 0.3) is 0 Å². The van der Waals surface area contributed by atoms with Crippen molar-refractivity contribution in [3.05, 3.63) is 54.6 Å². The van der Waals surface area contributed by atoms with Crippen LogP contribution >= 0.6 is 0 Å². The second-order valence-corrected chi connectivity index (χ2v) is 7.31. The monoisotopic (exact) mass is 382 g/mol. The van der Waals surface area contributed by atoms with Crippen LogP contribution in [0.3, 0.4) is 0 Å². The average Bonchev–Trinajstić information content (AvgIpc) is 2.76. The maximum absolute atomic E-state index is 5.86. The zero-order chi connectivity index (χ0) is 20.1. The van der Waals surface area contributed by atoms with Crippen molar-refractivity contribution in [2.75, 3.05) is 32.8 Å². The molecule has 0 unspecified atom stereocenters. The molecule has 0 saturated carbocycles. The normalized spacial score (nSPS) is 11.8. The van der Waals surface area contributed by atoms with E-state index in [1.54, 1.807) is 0 Å². The highest BCUT2D eigenvalue weighted by Gasteiger charge is 2.19. The number of rotatable bonds is 13. The van der Waals surface area contributed by atoms with Gasteiger partial charge in [0.15, 0.2) is 0 Å². The predicted octanol–water partition coefficient (Wildman–Crippen LogP) is 6.92. The zero-order valence-corrected chi connectivity index (χ0v) is 17.8. The Morgan fingerprint density at radius 2 is 1.25 bits per heavy atom. The van der Waals surface area contributed by atoms with Crippen molar-refractivity contribution in [3.63, 3.8) is 0 Å². The van der Waals surface area contributed by atoms with Crippen molar-refractivity contribution in [2.45, 2.75) is 46.5 Å². The quantitative estimate of drug-likeness (QED) is 0.210. The van der Waals surface area contributed by atoms with E-state index in [2.05, 4.69) is 31.0 Å². The third kappa shape index (κ3) is 7.43. The summed E-state index contributed by atoms with van der Waals surface area (Å²) in [6.45, 7) is 12.8. The van der Waals surface area contributed by atoms with Gasteiger partial charge in [0.25, 0.3) is 0 Å². The summed E-state index contributed by atoms with van der Waals surface area (Å²) in [6.07, 6.45) is 4.96. The van der Waals surface area contributed by atoms with E-state index in [1.807, 2.05) is 54.6 Å². The summed E-state index contributed by atoms with van der Waals surface area (Å²) in [7, 11) is 0. The predicted molar refractivity (Wildman–Crippen MR) is 118 cm³/mol. The average molecular weight is 383 g/mol. The van der Waals surface area contributed by atoms with Gasteiger partial charge >= 0.3 is 0 Å². The molecule has 152 valence electrons. The Morgan fingerprint density at radius 1 is 0.679 bits per heavy atom. The molecule has 0 bridgehead atoms. The standard InChI is InChI=1S/C24H36N3O/c1-4-27(5-2,6-3)20-12-7-8-13-21-28-24-18-16-23(17-19-24)26-25-22-14-10-9-11-15-22/h9-11,14-19H,4-8,12-13,20-21H2,1-3H3/q+1. The summed E-state index contributed by atoms with van der Waals surface area (Å²) < 4.78 is 7.11. The van der Waals surface area contributed by atoms with E-state index in [1.165, 1.54) is 49.9 Å². The van der Waals surface area contributed by atoms with Crippen molar-refractivity contribution in [3.8, 4) is 5.75 Å². The van der Waals surface area contributed by atoms with Crippen molar-refractivity contribution in [2.24, 2.45) is 10.2 Å². The molecule has 0 atom stereocenters. The van der Waals surface area contributed by atoms with Crippen LogP contribution in [0, 0.1) is 0 Å². The third-order valence-electron chi connectivity index (χ3n) is 5.68. The van der Waals surface area contributed by atoms with Gasteiger partial charge in [-0.15, -0.1) is 0 Å². The highest BCUT2D eigenvalue weighted by molar-refractivity contribution is 5.42. The molecule has 0 heterocycles. The van der Waals surface area contributed by atoms with Crippen LogP contribution in [0.5, 0.6) is 5.75 Å². The lowest BCUT2D eigenvalue weighted by atomic mass is 10.1. The third-order valence-corrected chi connectivity index (χ3v) is 5.68. The molecule has 28 heavy (non-hydrogen) atoms. The summed E-state index contributed by atoms with van der Waals surface area (Å²) in [4.78, 5) is 0. The smallest absolute Gasteiger partial charge is 0.119 e. The summed E-state index contributed by atoms with van der Waals surface area (Å²) in [5.74, 6) is 0.900. The van der Waals surface area contributed by atoms with Crippen molar-refractivity contribution >= 4 is 11.4 Å². The van der Waals surface area contributed by atoms with Crippen LogP contribution in [0.15, 0.2) is 64.8 Å². The molecule has 0 amide bonds. The van der Waals surface area contributed by atoms with E-state index >= 15 is 0 Å². The Bertz CT molecular complexity index is 670. The number of benzene rings is 2.